The Balaban J connectivity index is 1.45. The number of fused-ring (bicyclic) bond motifs is 1. The van der Waals surface area contributed by atoms with Gasteiger partial charge in [-0.3, -0.25) is 4.79 Å². The van der Waals surface area contributed by atoms with E-state index < -0.39 is 27.5 Å². The Morgan fingerprint density at radius 1 is 1.13 bits per heavy atom. The van der Waals surface area contributed by atoms with E-state index >= 15 is 0 Å². The number of benzene rings is 2. The van der Waals surface area contributed by atoms with Crippen LogP contribution in [-0.4, -0.2) is 89.6 Å². The fourth-order valence-electron chi connectivity index (χ4n) is 5.59. The number of rotatable bonds is 11. The summed E-state index contributed by atoms with van der Waals surface area (Å²) in [6, 6.07) is 12.1. The predicted molar refractivity (Wildman–Crippen MR) is 178 cm³/mol. The number of nitrogens with one attached hydrogen (secondary N) is 2. The molecule has 4 rings (SSSR count). The number of hydrogen-bond donors (Lipinski definition) is 4. The van der Waals surface area contributed by atoms with Gasteiger partial charge >= 0.3 is 5.97 Å². The van der Waals surface area contributed by atoms with Crippen LogP contribution in [0.1, 0.15) is 49.5 Å². The van der Waals surface area contributed by atoms with Crippen LogP contribution in [0.2, 0.25) is 0 Å². The van der Waals surface area contributed by atoms with Gasteiger partial charge in [-0.15, -0.1) is 0 Å². The van der Waals surface area contributed by atoms with E-state index in [-0.39, 0.29) is 31.2 Å². The molecule has 5 N–H and O–H groups in total. The van der Waals surface area contributed by atoms with Crippen LogP contribution in [-0.2, 0) is 35.6 Å². The van der Waals surface area contributed by atoms with Crippen molar-refractivity contribution in [3.05, 3.63) is 71.1 Å². The van der Waals surface area contributed by atoms with Gasteiger partial charge in [-0.2, -0.15) is 4.31 Å². The second-order valence-electron chi connectivity index (χ2n) is 12.6. The van der Waals surface area contributed by atoms with Crippen molar-refractivity contribution in [3.63, 3.8) is 0 Å². The molecular formula is C34H50N4O8S. The smallest absolute Gasteiger partial charge is 0.312 e. The van der Waals surface area contributed by atoms with Gasteiger partial charge in [-0.05, 0) is 74.9 Å². The van der Waals surface area contributed by atoms with Crippen molar-refractivity contribution in [2.24, 2.45) is 17.1 Å². The number of aliphatic carboxylic acids is 1. The normalized spacial score (nSPS) is 20.8. The zero-order valence-corrected chi connectivity index (χ0v) is 28.5. The Morgan fingerprint density at radius 2 is 1.89 bits per heavy atom. The highest BCUT2D eigenvalue weighted by atomic mass is 32.2. The van der Waals surface area contributed by atoms with Gasteiger partial charge in [0.05, 0.1) is 43.6 Å². The van der Waals surface area contributed by atoms with Crippen LogP contribution in [0, 0.1) is 18.3 Å². The molecule has 2 aliphatic rings. The zero-order chi connectivity index (χ0) is 33.9. The summed E-state index contributed by atoms with van der Waals surface area (Å²) in [7, 11) is -3.82. The standard InChI is InChI=1S/C34H50N4O8S/c1-25-8-9-27(20-28(25)23-38-14-17-45-30-6-4-5-7-31(30)47(38,41)42)32(34(2,3)33(39)40)46-24-29(35)22-37-21-26-10-12-36-13-16-44-19-18-43-15-11-26/h4-9,20,22,26,32,36-37H,10-19,21,23-24,35H2,1-3H3,(H,39,40)/b29-22-. The first-order valence-electron chi connectivity index (χ1n) is 16.2. The first kappa shape index (κ1) is 36.6. The first-order valence-corrected chi connectivity index (χ1v) is 17.6. The molecular weight excluding hydrogens is 624 g/mol. The van der Waals surface area contributed by atoms with Gasteiger partial charge in [0.25, 0.3) is 0 Å². The molecule has 0 aromatic heterocycles. The first-order chi connectivity index (χ1) is 22.5. The van der Waals surface area contributed by atoms with Gasteiger partial charge in [-0.1, -0.05) is 30.3 Å². The fraction of sp³-hybridized carbons (Fsp3) is 0.559. The number of nitrogens with two attached hydrogens (primary N) is 1. The predicted octanol–water partition coefficient (Wildman–Crippen LogP) is 3.17. The largest absolute Gasteiger partial charge is 0.491 e. The lowest BCUT2D eigenvalue weighted by molar-refractivity contribution is -0.156. The highest BCUT2D eigenvalue weighted by Crippen LogP contribution is 2.38. The van der Waals surface area contributed by atoms with Crippen LogP contribution >= 0.6 is 0 Å². The summed E-state index contributed by atoms with van der Waals surface area (Å²) in [5, 5.41) is 16.9. The number of sulfonamides is 1. The van der Waals surface area contributed by atoms with Gasteiger partial charge in [-0.25, -0.2) is 8.42 Å². The maximum atomic E-state index is 13.6. The van der Waals surface area contributed by atoms with Gasteiger partial charge < -0.3 is 40.4 Å². The summed E-state index contributed by atoms with van der Waals surface area (Å²) in [4.78, 5) is 12.5. The molecule has 0 radical (unpaired) electrons. The lowest BCUT2D eigenvalue weighted by Crippen LogP contribution is -2.34. The highest BCUT2D eigenvalue weighted by Gasteiger charge is 2.39. The number of para-hydroxylation sites is 1. The average molecular weight is 675 g/mol. The van der Waals surface area contributed by atoms with Crippen molar-refractivity contribution < 1.29 is 37.3 Å². The molecule has 0 spiro atoms. The van der Waals surface area contributed by atoms with E-state index in [1.54, 1.807) is 44.3 Å². The Hall–Kier alpha value is -3.20. The van der Waals surface area contributed by atoms with Crippen LogP contribution in [0.25, 0.3) is 0 Å². The lowest BCUT2D eigenvalue weighted by Gasteiger charge is -2.31. The van der Waals surface area contributed by atoms with Gasteiger partial charge in [0.1, 0.15) is 17.3 Å². The number of hydrogen-bond acceptors (Lipinski definition) is 10. The van der Waals surface area contributed by atoms with Gasteiger partial charge in [0.15, 0.2) is 0 Å². The maximum absolute atomic E-state index is 13.6. The van der Waals surface area contributed by atoms with E-state index in [0.29, 0.717) is 55.9 Å². The minimum absolute atomic E-state index is 0.00153. The van der Waals surface area contributed by atoms with Crippen molar-refractivity contribution in [1.82, 2.24) is 14.9 Å². The van der Waals surface area contributed by atoms with Gasteiger partial charge in [0.2, 0.25) is 10.0 Å². The summed E-state index contributed by atoms with van der Waals surface area (Å²) in [6.45, 7) is 10.5. The monoisotopic (exact) mass is 674 g/mol. The van der Waals surface area contributed by atoms with E-state index in [0.717, 1.165) is 37.1 Å². The van der Waals surface area contributed by atoms with Crippen molar-refractivity contribution in [1.29, 1.82) is 0 Å². The van der Waals surface area contributed by atoms with Gasteiger partial charge in [0, 0.05) is 39.0 Å². The molecule has 0 amide bonds. The molecule has 260 valence electrons. The van der Waals surface area contributed by atoms with E-state index in [4.69, 9.17) is 24.7 Å². The highest BCUT2D eigenvalue weighted by molar-refractivity contribution is 7.89. The summed E-state index contributed by atoms with van der Waals surface area (Å²) in [5.74, 6) is -0.315. The van der Waals surface area contributed by atoms with Crippen molar-refractivity contribution in [2.45, 2.75) is 51.2 Å². The third kappa shape index (κ3) is 10.1. The Morgan fingerprint density at radius 3 is 2.68 bits per heavy atom. The van der Waals surface area contributed by atoms with E-state index in [1.165, 1.54) is 4.31 Å². The lowest BCUT2D eigenvalue weighted by atomic mass is 9.81. The van der Waals surface area contributed by atoms with E-state index in [9.17, 15) is 18.3 Å². The van der Waals surface area contributed by atoms with Crippen LogP contribution in [0.4, 0.5) is 0 Å². The van der Waals surface area contributed by atoms with Crippen LogP contribution in [0.5, 0.6) is 5.75 Å². The Labute approximate surface area is 278 Å². The van der Waals surface area contributed by atoms with Crippen LogP contribution in [0.15, 0.2) is 59.3 Å². The van der Waals surface area contributed by atoms with Crippen molar-refractivity contribution >= 4 is 16.0 Å². The molecule has 2 heterocycles. The van der Waals surface area contributed by atoms with Crippen LogP contribution < -0.4 is 21.1 Å². The summed E-state index contributed by atoms with van der Waals surface area (Å²) < 4.78 is 51.7. The average Bonchev–Trinajstić information content (AvgIpc) is 3.15. The second-order valence-corrected chi connectivity index (χ2v) is 14.5. The van der Waals surface area contributed by atoms with Crippen molar-refractivity contribution in [3.8, 4) is 5.75 Å². The molecule has 0 bridgehead atoms. The summed E-state index contributed by atoms with van der Waals surface area (Å²) >= 11 is 0. The topological polar surface area (TPSA) is 162 Å². The minimum atomic E-state index is -3.82. The molecule has 1 saturated heterocycles. The van der Waals surface area contributed by atoms with Crippen LogP contribution in [0.3, 0.4) is 0 Å². The third-order valence-corrected chi connectivity index (χ3v) is 10.5. The molecule has 2 aromatic carbocycles. The quantitative estimate of drug-likeness (QED) is 0.277. The number of nitrogens with zero attached hydrogens (tertiary/aromatic N) is 1. The minimum Gasteiger partial charge on any atom is -0.491 e. The molecule has 2 aromatic rings. The number of ether oxygens (including phenoxy) is 4. The molecule has 0 saturated carbocycles. The molecule has 2 unspecified atom stereocenters. The second kappa shape index (κ2) is 17.3. The van der Waals surface area contributed by atoms with E-state index in [1.807, 2.05) is 25.1 Å². The SMILES string of the molecule is Cc1ccc(C(OC/C(N)=C/NCC2CCNCCOCCOCC2)C(C)(C)C(=O)O)cc1CN1CCOc2ccccc2S1(=O)=O. The number of carboxylic acids is 1. The summed E-state index contributed by atoms with van der Waals surface area (Å²) in [5.41, 5.74) is 7.68. The molecule has 2 aliphatic heterocycles. The molecule has 47 heavy (non-hydrogen) atoms. The van der Waals surface area contributed by atoms with Crippen molar-refractivity contribution in [2.75, 3.05) is 65.8 Å². The Bertz CT molecular complexity index is 1450. The molecule has 12 nitrogen and oxygen atoms in total. The molecule has 13 heteroatoms. The molecule has 0 aliphatic carbocycles. The summed E-state index contributed by atoms with van der Waals surface area (Å²) in [6.07, 6.45) is 2.73. The fourth-order valence-corrected chi connectivity index (χ4v) is 7.12. The zero-order valence-electron chi connectivity index (χ0n) is 27.7. The number of carbonyl (C=O) groups is 1. The molecule has 2 atom stereocenters. The number of aryl methyl sites for hydroxylation is 1. The number of carboxylic acid groups (broad SMARTS) is 1. The Kier molecular flexibility index (Phi) is 13.5. The van der Waals surface area contributed by atoms with E-state index in [2.05, 4.69) is 10.6 Å². The molecule has 1 fully saturated rings. The third-order valence-electron chi connectivity index (χ3n) is 8.60. The maximum Gasteiger partial charge on any atom is 0.312 e.